The molecule has 2 heterocycles. The van der Waals surface area contributed by atoms with Crippen molar-refractivity contribution in [3.8, 4) is 34.5 Å². The van der Waals surface area contributed by atoms with E-state index in [-0.39, 0.29) is 22.2 Å². The normalized spacial score (nSPS) is 19.8. The standard InChI is InChI=1S/2C11H15NO3S/c2*1-14-8-5-7(11-12-3-4-16-11)6-9(15-2)10(8)13/h2*5-6,11-13H,3-4H2,1-2H3. The highest BCUT2D eigenvalue weighted by atomic mass is 32.2. The van der Waals surface area contributed by atoms with Crippen LogP contribution in [0.1, 0.15) is 21.9 Å². The lowest BCUT2D eigenvalue weighted by Crippen LogP contribution is -2.12. The zero-order chi connectivity index (χ0) is 23.1. The maximum atomic E-state index is 9.78. The summed E-state index contributed by atoms with van der Waals surface area (Å²) in [6, 6.07) is 7.36. The SMILES string of the molecule is COc1cc(C2NCCS2)cc(OC)c1O.COc1cc(C2NCCS2)cc(OC)c1O. The Balaban J connectivity index is 0.000000181. The zero-order valence-corrected chi connectivity index (χ0v) is 20.3. The van der Waals surface area contributed by atoms with E-state index in [0.717, 1.165) is 35.7 Å². The van der Waals surface area contributed by atoms with Crippen LogP contribution in [0.2, 0.25) is 0 Å². The third-order valence-corrected chi connectivity index (χ3v) is 7.47. The van der Waals surface area contributed by atoms with Crippen LogP contribution in [0.15, 0.2) is 24.3 Å². The number of rotatable bonds is 6. The van der Waals surface area contributed by atoms with Gasteiger partial charge in [0.05, 0.1) is 39.2 Å². The van der Waals surface area contributed by atoms with Gasteiger partial charge in [-0.1, -0.05) is 0 Å². The molecule has 2 aromatic rings. The summed E-state index contributed by atoms with van der Waals surface area (Å²) in [7, 11) is 6.14. The van der Waals surface area contributed by atoms with Crippen molar-refractivity contribution in [2.75, 3.05) is 53.0 Å². The first-order valence-electron chi connectivity index (χ1n) is 10.1. The lowest BCUT2D eigenvalue weighted by molar-refractivity contribution is 0.339. The highest BCUT2D eigenvalue weighted by Crippen LogP contribution is 2.42. The first-order valence-corrected chi connectivity index (χ1v) is 12.2. The van der Waals surface area contributed by atoms with E-state index >= 15 is 0 Å². The third kappa shape index (κ3) is 5.61. The summed E-state index contributed by atoms with van der Waals surface area (Å²) in [6.07, 6.45) is 0. The Bertz CT molecular complexity index is 778. The zero-order valence-electron chi connectivity index (χ0n) is 18.6. The summed E-state index contributed by atoms with van der Waals surface area (Å²) in [5, 5.41) is 26.8. The van der Waals surface area contributed by atoms with Gasteiger partial charge in [0.1, 0.15) is 0 Å². The van der Waals surface area contributed by atoms with Crippen LogP contribution in [-0.2, 0) is 0 Å². The van der Waals surface area contributed by atoms with Crippen LogP contribution in [0, 0.1) is 0 Å². The summed E-state index contributed by atoms with van der Waals surface area (Å²) in [6.45, 7) is 2.00. The minimum Gasteiger partial charge on any atom is -0.502 e. The van der Waals surface area contributed by atoms with E-state index in [2.05, 4.69) is 10.6 Å². The Hall–Kier alpha value is -2.14. The Morgan fingerprint density at radius 3 is 1.19 bits per heavy atom. The van der Waals surface area contributed by atoms with E-state index in [1.54, 1.807) is 0 Å². The largest absolute Gasteiger partial charge is 0.502 e. The molecule has 2 unspecified atom stereocenters. The second-order valence-electron chi connectivity index (χ2n) is 6.96. The first kappa shape index (κ1) is 24.5. The number of thioether (sulfide) groups is 2. The number of benzene rings is 2. The number of nitrogens with one attached hydrogen (secondary N) is 2. The van der Waals surface area contributed by atoms with Crippen molar-refractivity contribution < 1.29 is 29.2 Å². The molecular weight excluding hydrogens is 452 g/mol. The molecule has 2 atom stereocenters. The van der Waals surface area contributed by atoms with Gasteiger partial charge in [0.25, 0.3) is 0 Å². The molecule has 2 aliphatic heterocycles. The smallest absolute Gasteiger partial charge is 0.200 e. The van der Waals surface area contributed by atoms with Gasteiger partial charge < -0.3 is 39.8 Å². The second-order valence-corrected chi connectivity index (χ2v) is 9.38. The predicted molar refractivity (Wildman–Crippen MR) is 129 cm³/mol. The number of phenols is 2. The van der Waals surface area contributed by atoms with Crippen molar-refractivity contribution in [1.82, 2.24) is 10.6 Å². The molecule has 0 saturated carbocycles. The molecule has 2 aliphatic rings. The quantitative estimate of drug-likeness (QED) is 0.489. The molecule has 0 bridgehead atoms. The molecule has 4 N–H and O–H groups in total. The van der Waals surface area contributed by atoms with Crippen molar-refractivity contribution in [3.63, 3.8) is 0 Å². The summed E-state index contributed by atoms with van der Waals surface area (Å²) in [5.41, 5.74) is 2.13. The molecule has 176 valence electrons. The van der Waals surface area contributed by atoms with Gasteiger partial charge in [0.2, 0.25) is 11.5 Å². The minimum atomic E-state index is 0.0525. The molecule has 0 aliphatic carbocycles. The highest BCUT2D eigenvalue weighted by Gasteiger charge is 2.22. The van der Waals surface area contributed by atoms with E-state index in [0.29, 0.717) is 23.0 Å². The van der Waals surface area contributed by atoms with Gasteiger partial charge in [-0.25, -0.2) is 0 Å². The van der Waals surface area contributed by atoms with Crippen molar-refractivity contribution in [3.05, 3.63) is 35.4 Å². The van der Waals surface area contributed by atoms with E-state index < -0.39 is 0 Å². The number of ether oxygens (including phenoxy) is 4. The average molecular weight is 483 g/mol. The fraction of sp³-hybridized carbons (Fsp3) is 0.455. The van der Waals surface area contributed by atoms with E-state index in [4.69, 9.17) is 18.9 Å². The molecule has 0 radical (unpaired) electrons. The van der Waals surface area contributed by atoms with Gasteiger partial charge in [-0.2, -0.15) is 0 Å². The minimum absolute atomic E-state index is 0.0525. The number of aromatic hydroxyl groups is 2. The third-order valence-electron chi connectivity index (χ3n) is 5.04. The first-order chi connectivity index (χ1) is 15.5. The van der Waals surface area contributed by atoms with Crippen molar-refractivity contribution in [2.45, 2.75) is 10.7 Å². The lowest BCUT2D eigenvalue weighted by Gasteiger charge is -2.14. The molecule has 4 rings (SSSR count). The van der Waals surface area contributed by atoms with Crippen molar-refractivity contribution in [2.24, 2.45) is 0 Å². The summed E-state index contributed by atoms with van der Waals surface area (Å²) in [5.74, 6) is 4.08. The molecule has 0 spiro atoms. The summed E-state index contributed by atoms with van der Waals surface area (Å²) in [4.78, 5) is 0. The van der Waals surface area contributed by atoms with Crippen LogP contribution in [0.5, 0.6) is 34.5 Å². The maximum absolute atomic E-state index is 9.78. The number of methoxy groups -OCH3 is 4. The Labute approximate surface area is 197 Å². The van der Waals surface area contributed by atoms with Crippen LogP contribution >= 0.6 is 23.5 Å². The number of phenolic OH excluding ortho intramolecular Hbond substituents is 2. The number of hydrogen-bond donors (Lipinski definition) is 4. The van der Waals surface area contributed by atoms with Gasteiger partial charge in [-0.15, -0.1) is 23.5 Å². The lowest BCUT2D eigenvalue weighted by atomic mass is 10.1. The predicted octanol–water partition coefficient (Wildman–Crippen LogP) is 3.49. The molecule has 0 aromatic heterocycles. The van der Waals surface area contributed by atoms with Gasteiger partial charge in [-0.05, 0) is 35.4 Å². The van der Waals surface area contributed by atoms with Gasteiger partial charge in [0, 0.05) is 24.6 Å². The molecule has 2 saturated heterocycles. The van der Waals surface area contributed by atoms with Crippen LogP contribution in [0.3, 0.4) is 0 Å². The van der Waals surface area contributed by atoms with Gasteiger partial charge in [-0.3, -0.25) is 0 Å². The Morgan fingerprint density at radius 2 is 0.969 bits per heavy atom. The topological polar surface area (TPSA) is 101 Å². The average Bonchev–Trinajstić information content (AvgIpc) is 3.54. The number of hydrogen-bond acceptors (Lipinski definition) is 10. The molecular formula is C22H30N2O6S2. The van der Waals surface area contributed by atoms with Crippen molar-refractivity contribution >= 4 is 23.5 Å². The Morgan fingerprint density at radius 1 is 0.656 bits per heavy atom. The fourth-order valence-corrected chi connectivity index (χ4v) is 5.48. The summed E-state index contributed by atoms with van der Waals surface area (Å²) < 4.78 is 20.5. The monoisotopic (exact) mass is 482 g/mol. The van der Waals surface area contributed by atoms with Crippen LogP contribution in [0.25, 0.3) is 0 Å². The maximum Gasteiger partial charge on any atom is 0.200 e. The van der Waals surface area contributed by atoms with E-state index in [1.807, 2.05) is 47.8 Å². The molecule has 0 amide bonds. The van der Waals surface area contributed by atoms with Crippen LogP contribution in [-0.4, -0.2) is 63.2 Å². The Kier molecular flexibility index (Phi) is 8.92. The fourth-order valence-electron chi connectivity index (χ4n) is 3.41. The molecule has 2 fully saturated rings. The van der Waals surface area contributed by atoms with Gasteiger partial charge >= 0.3 is 0 Å². The van der Waals surface area contributed by atoms with E-state index in [1.165, 1.54) is 28.4 Å². The van der Waals surface area contributed by atoms with Gasteiger partial charge in [0.15, 0.2) is 23.0 Å². The molecule has 32 heavy (non-hydrogen) atoms. The second kappa shape index (κ2) is 11.6. The van der Waals surface area contributed by atoms with Crippen LogP contribution in [0.4, 0.5) is 0 Å². The molecule has 2 aromatic carbocycles. The van der Waals surface area contributed by atoms with Crippen molar-refractivity contribution in [1.29, 1.82) is 0 Å². The molecule has 8 nitrogen and oxygen atoms in total. The summed E-state index contributed by atoms with van der Waals surface area (Å²) >= 11 is 3.67. The molecule has 10 heteroatoms. The van der Waals surface area contributed by atoms with E-state index in [9.17, 15) is 10.2 Å². The van der Waals surface area contributed by atoms with Crippen LogP contribution < -0.4 is 29.6 Å². The highest BCUT2D eigenvalue weighted by molar-refractivity contribution is 8.00.